The van der Waals surface area contributed by atoms with Crippen molar-refractivity contribution in [1.82, 2.24) is 0 Å². The van der Waals surface area contributed by atoms with Crippen molar-refractivity contribution < 1.29 is 28.1 Å². The van der Waals surface area contributed by atoms with Gasteiger partial charge in [0.1, 0.15) is 23.2 Å². The number of hydrogen-bond acceptors (Lipinski definition) is 6. The molecule has 5 aromatic rings. The second-order valence-corrected chi connectivity index (χ2v) is 17.6. The van der Waals surface area contributed by atoms with E-state index in [1.54, 1.807) is 21.3 Å². The largest absolute Gasteiger partial charge is 0.497 e. The van der Waals surface area contributed by atoms with Crippen molar-refractivity contribution in [2.75, 3.05) is 47.8 Å². The Morgan fingerprint density at radius 3 is 1.38 bits per heavy atom. The summed E-state index contributed by atoms with van der Waals surface area (Å²) in [5, 5.41) is 2.24. The topological polar surface area (TPSA) is 55.4 Å². The van der Waals surface area contributed by atoms with Crippen LogP contribution < -0.4 is 19.8 Å². The van der Waals surface area contributed by atoms with Crippen molar-refractivity contribution in [3.05, 3.63) is 156 Å². The highest BCUT2D eigenvalue weighted by atomic mass is 28.4. The zero-order chi connectivity index (χ0) is 35.5. The van der Waals surface area contributed by atoms with E-state index in [0.29, 0.717) is 19.8 Å². The molecule has 0 aliphatic heterocycles. The highest BCUT2D eigenvalue weighted by molar-refractivity contribution is 6.99. The zero-order valence-corrected chi connectivity index (χ0v) is 31.1. The minimum absolute atomic E-state index is 0.187. The number of methoxy groups -OCH3 is 3. The van der Waals surface area contributed by atoms with Crippen molar-refractivity contribution in [3.63, 3.8) is 0 Å². The van der Waals surface area contributed by atoms with Crippen molar-refractivity contribution in [2.24, 2.45) is 0 Å². The summed E-state index contributed by atoms with van der Waals surface area (Å²) >= 11 is 0. The quantitative estimate of drug-likeness (QED) is 0.0569. The first kappa shape index (κ1) is 37.0. The van der Waals surface area contributed by atoms with Gasteiger partial charge in [0.25, 0.3) is 8.32 Å². The summed E-state index contributed by atoms with van der Waals surface area (Å²) in [7, 11) is 2.19. The lowest BCUT2D eigenvalue weighted by Gasteiger charge is -2.44. The maximum Gasteiger partial charge on any atom is 0.261 e. The van der Waals surface area contributed by atoms with Gasteiger partial charge in [0.2, 0.25) is 0 Å². The van der Waals surface area contributed by atoms with Gasteiger partial charge in [-0.15, -0.1) is 0 Å². The Morgan fingerprint density at radius 2 is 0.960 bits per heavy atom. The van der Waals surface area contributed by atoms with Crippen LogP contribution >= 0.6 is 0 Å². The molecular weight excluding hydrogens is 641 g/mol. The average molecular weight is 691 g/mol. The first-order valence-electron chi connectivity index (χ1n) is 17.1. The average Bonchev–Trinajstić information content (AvgIpc) is 3.16. The van der Waals surface area contributed by atoms with Crippen molar-refractivity contribution in [1.29, 1.82) is 0 Å². The summed E-state index contributed by atoms with van der Waals surface area (Å²) in [5.41, 5.74) is 1.91. The minimum atomic E-state index is -2.84. The van der Waals surface area contributed by atoms with Crippen molar-refractivity contribution >= 4 is 18.7 Å². The van der Waals surface area contributed by atoms with Gasteiger partial charge >= 0.3 is 0 Å². The van der Waals surface area contributed by atoms with Crippen LogP contribution in [0.4, 0.5) is 0 Å². The fourth-order valence-corrected chi connectivity index (χ4v) is 11.3. The molecule has 7 heteroatoms. The number of ether oxygens (including phenoxy) is 5. The van der Waals surface area contributed by atoms with Crippen LogP contribution in [-0.4, -0.2) is 62.2 Å². The van der Waals surface area contributed by atoms with Gasteiger partial charge in [-0.3, -0.25) is 0 Å². The van der Waals surface area contributed by atoms with Crippen LogP contribution in [0.2, 0.25) is 5.04 Å². The van der Waals surface area contributed by atoms with Crippen molar-refractivity contribution in [3.8, 4) is 11.5 Å². The molecule has 1 atom stereocenters. The maximum atomic E-state index is 7.36. The number of benzene rings is 5. The van der Waals surface area contributed by atoms with E-state index in [0.717, 1.165) is 28.2 Å². The molecule has 0 amide bonds. The second-order valence-electron chi connectivity index (χ2n) is 13.3. The Balaban J connectivity index is 1.58. The summed E-state index contributed by atoms with van der Waals surface area (Å²) in [5.74, 6) is 1.54. The van der Waals surface area contributed by atoms with Crippen LogP contribution in [0.15, 0.2) is 140 Å². The molecular formula is C43H50O6Si. The van der Waals surface area contributed by atoms with E-state index in [9.17, 15) is 0 Å². The Hall–Kier alpha value is -4.24. The molecule has 262 valence electrons. The van der Waals surface area contributed by atoms with Gasteiger partial charge in [-0.1, -0.05) is 136 Å². The third kappa shape index (κ3) is 8.04. The van der Waals surface area contributed by atoms with Crippen molar-refractivity contribution in [2.45, 2.75) is 37.5 Å². The molecule has 0 aromatic heterocycles. The third-order valence-corrected chi connectivity index (χ3v) is 14.2. The molecule has 5 rings (SSSR count). The van der Waals surface area contributed by atoms with E-state index in [1.165, 1.54) is 10.4 Å². The lowest BCUT2D eigenvalue weighted by molar-refractivity contribution is -0.0855. The lowest BCUT2D eigenvalue weighted by Crippen LogP contribution is -2.67. The monoisotopic (exact) mass is 690 g/mol. The molecule has 0 aliphatic carbocycles. The van der Waals surface area contributed by atoms with Crippen LogP contribution in [-0.2, 0) is 24.2 Å². The van der Waals surface area contributed by atoms with Gasteiger partial charge in [0.15, 0.2) is 0 Å². The summed E-state index contributed by atoms with van der Waals surface area (Å²) in [6.07, 6.45) is -0.411. The summed E-state index contributed by atoms with van der Waals surface area (Å²) < 4.78 is 37.7. The van der Waals surface area contributed by atoms with Crippen LogP contribution in [0.1, 0.15) is 37.5 Å². The summed E-state index contributed by atoms with van der Waals surface area (Å²) in [6, 6.07) is 47.8. The molecule has 0 unspecified atom stereocenters. The Labute approximate surface area is 299 Å². The number of rotatable bonds is 17. The number of hydrogen-bond donors (Lipinski definition) is 0. The van der Waals surface area contributed by atoms with Gasteiger partial charge in [-0.2, -0.15) is 0 Å². The van der Waals surface area contributed by atoms with Gasteiger partial charge in [0.05, 0.1) is 40.6 Å². The van der Waals surface area contributed by atoms with E-state index in [-0.39, 0.29) is 11.6 Å². The normalized spacial score (nSPS) is 12.8. The van der Waals surface area contributed by atoms with E-state index in [4.69, 9.17) is 28.1 Å². The van der Waals surface area contributed by atoms with E-state index in [2.05, 4.69) is 118 Å². The molecule has 0 heterocycles. The van der Waals surface area contributed by atoms with Crippen LogP contribution in [0.5, 0.6) is 11.5 Å². The van der Waals surface area contributed by atoms with Gasteiger partial charge in [-0.05, 0) is 56.4 Å². The van der Waals surface area contributed by atoms with Crippen LogP contribution in [0.25, 0.3) is 0 Å². The van der Waals surface area contributed by atoms with E-state index < -0.39 is 20.0 Å². The fourth-order valence-electron chi connectivity index (χ4n) is 6.71. The molecule has 0 saturated heterocycles. The summed E-state index contributed by atoms with van der Waals surface area (Å²) in [6.45, 7) is 8.27. The minimum Gasteiger partial charge on any atom is -0.497 e. The predicted molar refractivity (Wildman–Crippen MR) is 203 cm³/mol. The highest BCUT2D eigenvalue weighted by Crippen LogP contribution is 2.42. The molecule has 0 radical (unpaired) electrons. The maximum absolute atomic E-state index is 7.36. The summed E-state index contributed by atoms with van der Waals surface area (Å²) in [4.78, 5) is 0. The highest BCUT2D eigenvalue weighted by Gasteiger charge is 2.50. The SMILES string of the molecule is COCCO[C@H](COC(c1ccccc1)(c1ccc(OC)cc1)c1ccc(OC)cc1)CO[Si](c1ccccc1)(c1ccccc1)C(C)(C)C. The molecule has 0 aliphatic rings. The molecule has 0 saturated carbocycles. The Kier molecular flexibility index (Phi) is 12.7. The smallest absolute Gasteiger partial charge is 0.261 e. The first-order valence-corrected chi connectivity index (χ1v) is 19.0. The standard InChI is InChI=1S/C43H50O6Si/c1-42(2,3)50(40-18-12-8-13-19-40,41-20-14-9-15-21-41)49-33-39(47-31-30-44-4)32-48-43(34-16-10-7-11-17-34,35-22-26-37(45-5)27-23-35)36-24-28-38(46-6)29-25-36/h7-29,39H,30-33H2,1-6H3/t39-/m1/s1. The molecule has 50 heavy (non-hydrogen) atoms. The first-order chi connectivity index (χ1) is 24.3. The Bertz CT molecular complexity index is 1620. The lowest BCUT2D eigenvalue weighted by atomic mass is 9.80. The van der Waals surface area contributed by atoms with Gasteiger partial charge < -0.3 is 28.1 Å². The molecule has 0 bridgehead atoms. The van der Waals surface area contributed by atoms with E-state index >= 15 is 0 Å². The third-order valence-electron chi connectivity index (χ3n) is 9.20. The molecule has 0 spiro atoms. The van der Waals surface area contributed by atoms with Crippen LogP contribution in [0.3, 0.4) is 0 Å². The molecule has 0 N–H and O–H groups in total. The molecule has 5 aromatic carbocycles. The fraction of sp³-hybridized carbons (Fsp3) is 0.302. The molecule has 0 fully saturated rings. The van der Waals surface area contributed by atoms with Gasteiger partial charge in [0, 0.05) is 7.11 Å². The Morgan fingerprint density at radius 1 is 0.520 bits per heavy atom. The predicted octanol–water partition coefficient (Wildman–Crippen LogP) is 7.62. The second kappa shape index (κ2) is 17.1. The van der Waals surface area contributed by atoms with E-state index in [1.807, 2.05) is 42.5 Å². The van der Waals surface area contributed by atoms with Gasteiger partial charge in [-0.25, -0.2) is 0 Å². The zero-order valence-electron chi connectivity index (χ0n) is 30.1. The van der Waals surface area contributed by atoms with Crippen LogP contribution in [0, 0.1) is 0 Å². The molecule has 6 nitrogen and oxygen atoms in total.